The third-order valence-electron chi connectivity index (χ3n) is 2.73. The van der Waals surface area contributed by atoms with Gasteiger partial charge in [0, 0.05) is 7.05 Å². The molecule has 0 unspecified atom stereocenters. The number of sulfonamides is 1. The number of rotatable bonds is 6. The van der Waals surface area contributed by atoms with E-state index in [9.17, 15) is 13.2 Å². The average molecular weight is 285 g/mol. The van der Waals surface area contributed by atoms with Crippen LogP contribution >= 0.6 is 0 Å². The van der Waals surface area contributed by atoms with Crippen molar-refractivity contribution in [2.45, 2.75) is 19.6 Å². The molecule has 0 atom stereocenters. The molecule has 0 N–H and O–H groups in total. The first kappa shape index (κ1) is 15.7. The number of carbonyl (C=O) groups excluding carboxylic acids is 1. The molecule has 1 rings (SSSR count). The zero-order chi connectivity index (χ0) is 14.5. The van der Waals surface area contributed by atoms with Crippen LogP contribution in [-0.2, 0) is 25.3 Å². The maximum Gasteiger partial charge on any atom is 0.321 e. The summed E-state index contributed by atoms with van der Waals surface area (Å²) in [5.74, 6) is -0.659. The Kier molecular flexibility index (Phi) is 5.50. The van der Waals surface area contributed by atoms with Gasteiger partial charge >= 0.3 is 5.97 Å². The minimum Gasteiger partial charge on any atom is -0.465 e. The third-order valence-corrected chi connectivity index (χ3v) is 4.49. The van der Waals surface area contributed by atoms with Crippen LogP contribution in [0.4, 0.5) is 0 Å². The lowest BCUT2D eigenvalue weighted by Gasteiger charge is -2.16. The van der Waals surface area contributed by atoms with Crippen LogP contribution in [0.3, 0.4) is 0 Å². The molecule has 19 heavy (non-hydrogen) atoms. The van der Waals surface area contributed by atoms with Crippen LogP contribution < -0.4 is 0 Å². The van der Waals surface area contributed by atoms with Gasteiger partial charge in [-0.25, -0.2) is 8.42 Å². The van der Waals surface area contributed by atoms with Gasteiger partial charge in [-0.15, -0.1) is 0 Å². The molecule has 0 saturated carbocycles. The molecule has 0 aliphatic rings. The van der Waals surface area contributed by atoms with E-state index < -0.39 is 16.0 Å². The van der Waals surface area contributed by atoms with Crippen molar-refractivity contribution in [1.29, 1.82) is 0 Å². The van der Waals surface area contributed by atoms with Crippen molar-refractivity contribution < 1.29 is 17.9 Å². The summed E-state index contributed by atoms with van der Waals surface area (Å²) in [5.41, 5.74) is 1.65. The fourth-order valence-corrected chi connectivity index (χ4v) is 2.80. The van der Waals surface area contributed by atoms with Crippen LogP contribution in [0.5, 0.6) is 0 Å². The monoisotopic (exact) mass is 285 g/mol. The first-order valence-electron chi connectivity index (χ1n) is 6.01. The van der Waals surface area contributed by atoms with Gasteiger partial charge in [0.05, 0.1) is 12.4 Å². The maximum atomic E-state index is 12.1. The quantitative estimate of drug-likeness (QED) is 0.739. The van der Waals surface area contributed by atoms with Gasteiger partial charge in [-0.05, 0) is 25.0 Å². The Morgan fingerprint density at radius 1 is 1.32 bits per heavy atom. The van der Waals surface area contributed by atoms with Crippen molar-refractivity contribution in [2.75, 3.05) is 20.2 Å². The van der Waals surface area contributed by atoms with E-state index in [0.717, 1.165) is 15.4 Å². The molecular formula is C13H19NO4S. The van der Waals surface area contributed by atoms with E-state index >= 15 is 0 Å². The fourth-order valence-electron chi connectivity index (χ4n) is 1.57. The van der Waals surface area contributed by atoms with Gasteiger partial charge < -0.3 is 4.74 Å². The van der Waals surface area contributed by atoms with Crippen molar-refractivity contribution in [2.24, 2.45) is 0 Å². The Morgan fingerprint density at radius 2 is 1.95 bits per heavy atom. The van der Waals surface area contributed by atoms with E-state index in [1.54, 1.807) is 19.1 Å². The van der Waals surface area contributed by atoms with E-state index in [2.05, 4.69) is 0 Å². The molecule has 0 radical (unpaired) electrons. The van der Waals surface area contributed by atoms with Crippen molar-refractivity contribution >= 4 is 16.0 Å². The van der Waals surface area contributed by atoms with Crippen LogP contribution in [0.25, 0.3) is 0 Å². The minimum atomic E-state index is -3.52. The van der Waals surface area contributed by atoms with Gasteiger partial charge in [0.25, 0.3) is 0 Å². The molecule has 6 heteroatoms. The van der Waals surface area contributed by atoms with Gasteiger partial charge in [0.15, 0.2) is 0 Å². The summed E-state index contributed by atoms with van der Waals surface area (Å²) < 4.78 is 30.0. The Labute approximate surface area is 114 Å². The number of hydrogen-bond donors (Lipinski definition) is 0. The van der Waals surface area contributed by atoms with E-state index in [1.165, 1.54) is 7.05 Å². The van der Waals surface area contributed by atoms with Crippen molar-refractivity contribution in [3.05, 3.63) is 35.4 Å². The summed E-state index contributed by atoms with van der Waals surface area (Å²) in [6.07, 6.45) is 0. The van der Waals surface area contributed by atoms with Gasteiger partial charge in [0.1, 0.15) is 6.54 Å². The Balaban J connectivity index is 2.76. The first-order valence-corrected chi connectivity index (χ1v) is 7.62. The Morgan fingerprint density at radius 3 is 2.53 bits per heavy atom. The van der Waals surface area contributed by atoms with Gasteiger partial charge in [0.2, 0.25) is 10.0 Å². The minimum absolute atomic E-state index is 0.115. The number of benzene rings is 1. The highest BCUT2D eigenvalue weighted by molar-refractivity contribution is 7.88. The molecule has 0 fully saturated rings. The molecule has 0 saturated heterocycles. The lowest BCUT2D eigenvalue weighted by molar-refractivity contribution is -0.143. The number of hydrogen-bond acceptors (Lipinski definition) is 4. The summed E-state index contributed by atoms with van der Waals surface area (Å²) in [7, 11) is -2.14. The number of aryl methyl sites for hydroxylation is 1. The molecule has 0 aliphatic carbocycles. The summed E-state index contributed by atoms with van der Waals surface area (Å²) in [4.78, 5) is 11.3. The molecule has 1 aromatic rings. The number of nitrogens with zero attached hydrogens (tertiary/aromatic N) is 1. The molecule has 0 bridgehead atoms. The SMILES string of the molecule is CCOC(=O)CN(C)S(=O)(=O)Cc1ccccc1C. The lowest BCUT2D eigenvalue weighted by atomic mass is 10.1. The number of carbonyl (C=O) groups is 1. The Bertz CT molecular complexity index is 539. The predicted molar refractivity (Wildman–Crippen MR) is 73.1 cm³/mol. The maximum absolute atomic E-state index is 12.1. The van der Waals surface area contributed by atoms with Crippen molar-refractivity contribution in [3.8, 4) is 0 Å². The predicted octanol–water partition coefficient (Wildman–Crippen LogP) is 1.32. The topological polar surface area (TPSA) is 63.7 Å². The van der Waals surface area contributed by atoms with Gasteiger partial charge in [-0.3, -0.25) is 4.79 Å². The standard InChI is InChI=1S/C13H19NO4S/c1-4-18-13(15)9-14(3)19(16,17)10-12-8-6-5-7-11(12)2/h5-8H,4,9-10H2,1-3H3. The first-order chi connectivity index (χ1) is 8.86. The number of likely N-dealkylation sites (N-methyl/N-ethyl adjacent to an activating group) is 1. The highest BCUT2D eigenvalue weighted by atomic mass is 32.2. The van der Waals surface area contributed by atoms with E-state index in [1.807, 2.05) is 19.1 Å². The fraction of sp³-hybridized carbons (Fsp3) is 0.462. The highest BCUT2D eigenvalue weighted by Gasteiger charge is 2.22. The zero-order valence-corrected chi connectivity index (χ0v) is 12.2. The molecule has 0 aromatic heterocycles. The summed E-state index contributed by atoms with van der Waals surface area (Å²) >= 11 is 0. The van der Waals surface area contributed by atoms with Crippen LogP contribution in [0.1, 0.15) is 18.1 Å². The second-order valence-corrected chi connectivity index (χ2v) is 6.32. The zero-order valence-electron chi connectivity index (χ0n) is 11.4. The van der Waals surface area contributed by atoms with Crippen molar-refractivity contribution in [3.63, 3.8) is 0 Å². The normalized spacial score (nSPS) is 11.6. The summed E-state index contributed by atoms with van der Waals surface area (Å²) in [5, 5.41) is 0. The molecule has 5 nitrogen and oxygen atoms in total. The Hall–Kier alpha value is -1.40. The van der Waals surface area contributed by atoms with E-state index in [0.29, 0.717) is 0 Å². The molecule has 1 aromatic carbocycles. The van der Waals surface area contributed by atoms with Gasteiger partial charge in [-0.1, -0.05) is 24.3 Å². The largest absolute Gasteiger partial charge is 0.465 e. The van der Waals surface area contributed by atoms with Crippen LogP contribution in [0.2, 0.25) is 0 Å². The van der Waals surface area contributed by atoms with Crippen LogP contribution in [-0.4, -0.2) is 38.9 Å². The van der Waals surface area contributed by atoms with E-state index in [4.69, 9.17) is 4.74 Å². The number of ether oxygens (including phenoxy) is 1. The lowest BCUT2D eigenvalue weighted by Crippen LogP contribution is -2.34. The summed E-state index contributed by atoms with van der Waals surface area (Å²) in [6.45, 7) is 3.52. The molecule has 0 heterocycles. The molecule has 0 amide bonds. The molecule has 0 spiro atoms. The van der Waals surface area contributed by atoms with Crippen LogP contribution in [0.15, 0.2) is 24.3 Å². The molecular weight excluding hydrogens is 266 g/mol. The summed E-state index contributed by atoms with van der Waals surface area (Å²) in [6, 6.07) is 7.28. The second-order valence-electron chi connectivity index (χ2n) is 4.24. The van der Waals surface area contributed by atoms with Crippen LogP contribution in [0, 0.1) is 6.92 Å². The molecule has 106 valence electrons. The smallest absolute Gasteiger partial charge is 0.321 e. The average Bonchev–Trinajstić information content (AvgIpc) is 2.32. The van der Waals surface area contributed by atoms with Gasteiger partial charge in [-0.2, -0.15) is 4.31 Å². The highest BCUT2D eigenvalue weighted by Crippen LogP contribution is 2.13. The number of esters is 1. The molecule has 0 aliphatic heterocycles. The van der Waals surface area contributed by atoms with E-state index in [-0.39, 0.29) is 18.9 Å². The second kappa shape index (κ2) is 6.68. The van der Waals surface area contributed by atoms with Crippen molar-refractivity contribution in [1.82, 2.24) is 4.31 Å². The third kappa shape index (κ3) is 4.65.